The molecule has 1 aromatic heterocycles. The Kier molecular flexibility index (Phi) is 7.90. The second-order valence-electron chi connectivity index (χ2n) is 8.04. The van der Waals surface area contributed by atoms with Crippen molar-refractivity contribution in [2.45, 2.75) is 31.0 Å². The van der Waals surface area contributed by atoms with Crippen molar-refractivity contribution >= 4 is 29.3 Å². The van der Waals surface area contributed by atoms with Crippen LogP contribution >= 0.6 is 23.4 Å². The normalized spacial score (nSPS) is 14.9. The van der Waals surface area contributed by atoms with Crippen molar-refractivity contribution in [1.82, 2.24) is 25.0 Å². The first kappa shape index (κ1) is 23.6. The SMILES string of the molecule is COc1ccc(C(CNC(=O)CSc2nncn2-c2ccc(C)c(Cl)c2)N2CCCC2)cc1. The number of benzene rings is 2. The molecule has 174 valence electrons. The number of nitrogens with zero attached hydrogens (tertiary/aromatic N) is 4. The van der Waals surface area contributed by atoms with Crippen LogP contribution in [0.3, 0.4) is 0 Å². The standard InChI is InChI=1S/C24H28ClN5O2S/c1-17-5-8-19(13-21(17)25)30-16-27-28-24(30)33-15-23(31)26-14-22(29-11-3-4-12-29)18-6-9-20(32-2)10-7-18/h5-10,13,16,22H,3-4,11-12,14-15H2,1-2H3,(H,26,31). The number of aromatic nitrogens is 3. The van der Waals surface area contributed by atoms with E-state index in [4.69, 9.17) is 16.3 Å². The highest BCUT2D eigenvalue weighted by Gasteiger charge is 2.24. The number of ether oxygens (including phenoxy) is 1. The highest BCUT2D eigenvalue weighted by Crippen LogP contribution is 2.27. The molecular weight excluding hydrogens is 458 g/mol. The molecule has 1 aliphatic heterocycles. The predicted octanol–water partition coefficient (Wildman–Crippen LogP) is 4.28. The van der Waals surface area contributed by atoms with Gasteiger partial charge in [0, 0.05) is 11.6 Å². The van der Waals surface area contributed by atoms with E-state index in [0.717, 1.165) is 30.1 Å². The summed E-state index contributed by atoms with van der Waals surface area (Å²) in [4.78, 5) is 15.1. The van der Waals surface area contributed by atoms with Crippen LogP contribution in [-0.4, -0.2) is 58.1 Å². The summed E-state index contributed by atoms with van der Waals surface area (Å²) in [6.45, 7) is 4.61. The summed E-state index contributed by atoms with van der Waals surface area (Å²) in [5.41, 5.74) is 3.06. The predicted molar refractivity (Wildman–Crippen MR) is 131 cm³/mol. The number of carbonyl (C=O) groups excluding carboxylic acids is 1. The third-order valence-electron chi connectivity index (χ3n) is 5.86. The fourth-order valence-electron chi connectivity index (χ4n) is 3.96. The number of hydrogen-bond donors (Lipinski definition) is 1. The van der Waals surface area contributed by atoms with Gasteiger partial charge in [0.05, 0.1) is 24.6 Å². The van der Waals surface area contributed by atoms with Crippen LogP contribution in [-0.2, 0) is 4.79 Å². The van der Waals surface area contributed by atoms with E-state index in [1.807, 2.05) is 41.8 Å². The Morgan fingerprint density at radius 3 is 2.67 bits per heavy atom. The summed E-state index contributed by atoms with van der Waals surface area (Å²) in [7, 11) is 1.67. The molecule has 9 heteroatoms. The zero-order valence-electron chi connectivity index (χ0n) is 18.8. The van der Waals surface area contributed by atoms with E-state index in [2.05, 4.69) is 32.5 Å². The van der Waals surface area contributed by atoms with E-state index < -0.39 is 0 Å². The van der Waals surface area contributed by atoms with Gasteiger partial charge in [-0.25, -0.2) is 0 Å². The van der Waals surface area contributed by atoms with Gasteiger partial charge in [-0.3, -0.25) is 14.3 Å². The van der Waals surface area contributed by atoms with Gasteiger partial charge >= 0.3 is 0 Å². The molecule has 3 aromatic rings. The van der Waals surface area contributed by atoms with E-state index in [9.17, 15) is 4.79 Å². The molecule has 1 atom stereocenters. The molecule has 1 N–H and O–H groups in total. The van der Waals surface area contributed by atoms with Gasteiger partial charge in [-0.1, -0.05) is 41.6 Å². The Morgan fingerprint density at radius 1 is 1.21 bits per heavy atom. The van der Waals surface area contributed by atoms with Crippen molar-refractivity contribution < 1.29 is 9.53 Å². The van der Waals surface area contributed by atoms with E-state index in [1.165, 1.54) is 30.2 Å². The van der Waals surface area contributed by atoms with Gasteiger partial charge in [0.15, 0.2) is 5.16 Å². The number of carbonyl (C=O) groups is 1. The molecule has 0 spiro atoms. The molecule has 2 heterocycles. The molecule has 1 unspecified atom stereocenters. The number of aryl methyl sites for hydroxylation is 1. The molecule has 1 saturated heterocycles. The maximum absolute atomic E-state index is 12.7. The third-order valence-corrected chi connectivity index (χ3v) is 7.21. The lowest BCUT2D eigenvalue weighted by molar-refractivity contribution is -0.118. The first-order chi connectivity index (χ1) is 16.0. The minimum Gasteiger partial charge on any atom is -0.497 e. The maximum Gasteiger partial charge on any atom is 0.230 e. The topological polar surface area (TPSA) is 72.3 Å². The highest BCUT2D eigenvalue weighted by molar-refractivity contribution is 7.99. The molecule has 33 heavy (non-hydrogen) atoms. The molecule has 0 radical (unpaired) electrons. The summed E-state index contributed by atoms with van der Waals surface area (Å²) in [5.74, 6) is 1.06. The quantitative estimate of drug-likeness (QED) is 0.456. The molecule has 1 aliphatic rings. The summed E-state index contributed by atoms with van der Waals surface area (Å²) >= 11 is 7.62. The Bertz CT molecular complexity index is 1080. The van der Waals surface area contributed by atoms with Gasteiger partial charge in [-0.2, -0.15) is 0 Å². The Labute approximate surface area is 203 Å². The van der Waals surface area contributed by atoms with Crippen molar-refractivity contribution in [1.29, 1.82) is 0 Å². The minimum absolute atomic E-state index is 0.0332. The second-order valence-corrected chi connectivity index (χ2v) is 9.39. The van der Waals surface area contributed by atoms with Gasteiger partial charge in [-0.05, 0) is 68.2 Å². The zero-order chi connectivity index (χ0) is 23.2. The molecule has 0 bridgehead atoms. The van der Waals surface area contributed by atoms with E-state index in [1.54, 1.807) is 13.4 Å². The molecule has 2 aromatic carbocycles. The summed E-state index contributed by atoms with van der Waals surface area (Å²) < 4.78 is 7.13. The minimum atomic E-state index is -0.0332. The van der Waals surface area contributed by atoms with Crippen LogP contribution in [0, 0.1) is 6.92 Å². The maximum atomic E-state index is 12.7. The first-order valence-corrected chi connectivity index (χ1v) is 12.4. The summed E-state index contributed by atoms with van der Waals surface area (Å²) in [6.07, 6.45) is 4.01. The number of nitrogens with one attached hydrogen (secondary N) is 1. The Balaban J connectivity index is 1.37. The van der Waals surface area contributed by atoms with E-state index in [-0.39, 0.29) is 17.7 Å². The smallest absolute Gasteiger partial charge is 0.230 e. The van der Waals surface area contributed by atoms with Crippen LogP contribution in [0.5, 0.6) is 5.75 Å². The lowest BCUT2D eigenvalue weighted by Gasteiger charge is -2.28. The number of halogens is 1. The van der Waals surface area contributed by atoms with Crippen molar-refractivity contribution in [3.8, 4) is 11.4 Å². The molecule has 1 fully saturated rings. The lowest BCUT2D eigenvalue weighted by atomic mass is 10.1. The highest BCUT2D eigenvalue weighted by atomic mass is 35.5. The molecule has 7 nitrogen and oxygen atoms in total. The fraction of sp³-hybridized carbons (Fsp3) is 0.375. The van der Waals surface area contributed by atoms with Crippen molar-refractivity contribution in [2.75, 3.05) is 32.5 Å². The molecule has 1 amide bonds. The zero-order valence-corrected chi connectivity index (χ0v) is 20.4. The van der Waals surface area contributed by atoms with Crippen LogP contribution in [0.2, 0.25) is 5.02 Å². The second kappa shape index (κ2) is 11.0. The van der Waals surface area contributed by atoms with Gasteiger partial charge in [0.1, 0.15) is 12.1 Å². The fourth-order valence-corrected chi connectivity index (χ4v) is 4.89. The van der Waals surface area contributed by atoms with E-state index in [0.29, 0.717) is 16.7 Å². The van der Waals surface area contributed by atoms with Gasteiger partial charge < -0.3 is 10.1 Å². The first-order valence-electron chi connectivity index (χ1n) is 11.0. The van der Waals surface area contributed by atoms with Crippen LogP contribution in [0.1, 0.15) is 30.0 Å². The molecule has 0 aliphatic carbocycles. The molecule has 4 rings (SSSR count). The number of likely N-dealkylation sites (tertiary alicyclic amines) is 1. The number of thioether (sulfide) groups is 1. The summed E-state index contributed by atoms with van der Waals surface area (Å²) in [6, 6.07) is 14.0. The van der Waals surface area contributed by atoms with Crippen LogP contribution in [0.4, 0.5) is 0 Å². The number of methoxy groups -OCH3 is 1. The van der Waals surface area contributed by atoms with Gasteiger partial charge in [0.25, 0.3) is 0 Å². The monoisotopic (exact) mass is 485 g/mol. The lowest BCUT2D eigenvalue weighted by Crippen LogP contribution is -2.37. The van der Waals surface area contributed by atoms with Crippen LogP contribution in [0.25, 0.3) is 5.69 Å². The van der Waals surface area contributed by atoms with Crippen molar-refractivity contribution in [2.24, 2.45) is 0 Å². The number of rotatable bonds is 9. The van der Waals surface area contributed by atoms with Gasteiger partial charge in [0.2, 0.25) is 5.91 Å². The van der Waals surface area contributed by atoms with Crippen LogP contribution < -0.4 is 10.1 Å². The molecular formula is C24H28ClN5O2S. The number of amides is 1. The van der Waals surface area contributed by atoms with Crippen LogP contribution in [0.15, 0.2) is 53.9 Å². The molecule has 0 saturated carbocycles. The van der Waals surface area contributed by atoms with Crippen molar-refractivity contribution in [3.63, 3.8) is 0 Å². The average Bonchev–Trinajstić information content (AvgIpc) is 3.52. The summed E-state index contributed by atoms with van der Waals surface area (Å²) in [5, 5.41) is 12.6. The number of hydrogen-bond acceptors (Lipinski definition) is 6. The van der Waals surface area contributed by atoms with Gasteiger partial charge in [-0.15, -0.1) is 10.2 Å². The third kappa shape index (κ3) is 5.88. The Hall–Kier alpha value is -2.55. The average molecular weight is 486 g/mol. The largest absolute Gasteiger partial charge is 0.497 e. The van der Waals surface area contributed by atoms with E-state index >= 15 is 0 Å². The van der Waals surface area contributed by atoms with Crippen molar-refractivity contribution in [3.05, 3.63) is 64.9 Å². The Morgan fingerprint density at radius 2 is 1.97 bits per heavy atom.